The van der Waals surface area contributed by atoms with Gasteiger partial charge in [-0.05, 0) is 69.4 Å². The minimum absolute atomic E-state index is 0.00112. The van der Waals surface area contributed by atoms with Crippen LogP contribution in [0.15, 0.2) is 35.7 Å². The van der Waals surface area contributed by atoms with Crippen LogP contribution in [0.3, 0.4) is 0 Å². The lowest BCUT2D eigenvalue weighted by molar-refractivity contribution is 0.0938. The molecule has 0 aliphatic heterocycles. The van der Waals surface area contributed by atoms with Crippen molar-refractivity contribution >= 4 is 17.2 Å². The summed E-state index contributed by atoms with van der Waals surface area (Å²) in [7, 11) is 1.65. The van der Waals surface area contributed by atoms with Crippen molar-refractivity contribution in [2.45, 2.75) is 78.5 Å². The van der Waals surface area contributed by atoms with Crippen molar-refractivity contribution in [2.24, 2.45) is 5.92 Å². The van der Waals surface area contributed by atoms with Crippen LogP contribution in [0.25, 0.3) is 11.4 Å². The first kappa shape index (κ1) is 25.3. The van der Waals surface area contributed by atoms with E-state index in [-0.39, 0.29) is 11.9 Å². The Labute approximate surface area is 212 Å². The molecule has 1 fully saturated rings. The van der Waals surface area contributed by atoms with Crippen molar-refractivity contribution in [3.05, 3.63) is 52.0 Å². The molecule has 4 rings (SSSR count). The van der Waals surface area contributed by atoms with E-state index in [9.17, 15) is 4.79 Å². The Morgan fingerprint density at radius 1 is 1.20 bits per heavy atom. The second-order valence-corrected chi connectivity index (χ2v) is 10.5. The number of methoxy groups -OCH3 is 1. The summed E-state index contributed by atoms with van der Waals surface area (Å²) in [5.41, 5.74) is 3.70. The number of thiazole rings is 1. The maximum atomic E-state index is 13.1. The average Bonchev–Trinajstić information content (AvgIpc) is 3.48. The van der Waals surface area contributed by atoms with Gasteiger partial charge in [0.15, 0.2) is 0 Å². The molecule has 3 aromatic rings. The highest BCUT2D eigenvalue weighted by Gasteiger charge is 2.23. The summed E-state index contributed by atoms with van der Waals surface area (Å²) < 4.78 is 13.5. The van der Waals surface area contributed by atoms with E-state index in [1.165, 1.54) is 32.1 Å². The number of benzene rings is 1. The van der Waals surface area contributed by atoms with Crippen molar-refractivity contribution in [3.8, 4) is 22.9 Å². The predicted molar refractivity (Wildman–Crippen MR) is 141 cm³/mol. The molecule has 1 amide bonds. The van der Waals surface area contributed by atoms with Crippen molar-refractivity contribution in [3.63, 3.8) is 0 Å². The highest BCUT2D eigenvalue weighted by Crippen LogP contribution is 2.32. The van der Waals surface area contributed by atoms with Crippen LogP contribution in [0.4, 0.5) is 0 Å². The fraction of sp³-hybridized carbons (Fsp3) is 0.500. The van der Waals surface area contributed by atoms with Crippen LogP contribution in [-0.4, -0.2) is 28.6 Å². The molecule has 6 nitrogen and oxygen atoms in total. The quantitative estimate of drug-likeness (QED) is 0.343. The van der Waals surface area contributed by atoms with Gasteiger partial charge in [0.1, 0.15) is 23.1 Å². The number of ether oxygens (including phenoxy) is 2. The summed E-state index contributed by atoms with van der Waals surface area (Å²) in [4.78, 5) is 18.0. The second-order valence-electron chi connectivity index (χ2n) is 9.52. The molecular formula is C28H37N3O3S. The van der Waals surface area contributed by atoms with E-state index in [1.807, 2.05) is 37.3 Å². The Bertz CT molecular complexity index is 1110. The molecular weight excluding hydrogens is 458 g/mol. The SMILES string of the molecule is CCC(C)NC(=O)c1cc(-c2csc(COc3ccc(OC)cc3)n2)n(CC2CCCCC2)c1C. The standard InChI is InChI=1S/C28H37N3O3S/c1-5-19(2)29-28(32)24-15-26(31(20(24)3)16-21-9-7-6-8-10-21)25-18-35-27(30-25)17-34-23-13-11-22(33-4)12-14-23/h11-15,18-19,21H,5-10,16-17H2,1-4H3,(H,29,32). The van der Waals surface area contributed by atoms with Gasteiger partial charge in [-0.25, -0.2) is 4.98 Å². The minimum atomic E-state index is -0.00112. The molecule has 1 aliphatic rings. The highest BCUT2D eigenvalue weighted by molar-refractivity contribution is 7.09. The van der Waals surface area contributed by atoms with Gasteiger partial charge < -0.3 is 19.4 Å². The van der Waals surface area contributed by atoms with E-state index in [0.717, 1.165) is 52.1 Å². The predicted octanol–water partition coefficient (Wildman–Crippen LogP) is 6.62. The Balaban J connectivity index is 1.56. The zero-order chi connectivity index (χ0) is 24.8. The highest BCUT2D eigenvalue weighted by atomic mass is 32.1. The van der Waals surface area contributed by atoms with Crippen molar-refractivity contribution in [1.82, 2.24) is 14.9 Å². The number of amides is 1. The van der Waals surface area contributed by atoms with E-state index >= 15 is 0 Å². The molecule has 1 unspecified atom stereocenters. The van der Waals surface area contributed by atoms with E-state index < -0.39 is 0 Å². The molecule has 188 valence electrons. The van der Waals surface area contributed by atoms with Crippen LogP contribution in [0.5, 0.6) is 11.5 Å². The fourth-order valence-corrected chi connectivity index (χ4v) is 5.37. The molecule has 1 aromatic carbocycles. The molecule has 7 heteroatoms. The smallest absolute Gasteiger partial charge is 0.253 e. The number of aromatic nitrogens is 2. The number of nitrogens with one attached hydrogen (secondary N) is 1. The largest absolute Gasteiger partial charge is 0.497 e. The maximum absolute atomic E-state index is 13.1. The molecule has 0 saturated heterocycles. The zero-order valence-electron chi connectivity index (χ0n) is 21.3. The molecule has 0 spiro atoms. The van der Waals surface area contributed by atoms with Gasteiger partial charge in [0, 0.05) is 23.7 Å². The van der Waals surface area contributed by atoms with Crippen molar-refractivity contribution in [1.29, 1.82) is 0 Å². The Kier molecular flexibility index (Phi) is 8.50. The summed E-state index contributed by atoms with van der Waals surface area (Å²) in [6, 6.07) is 9.74. The van der Waals surface area contributed by atoms with Gasteiger partial charge in [-0.1, -0.05) is 26.2 Å². The van der Waals surface area contributed by atoms with Crippen LogP contribution in [0.2, 0.25) is 0 Å². The number of nitrogens with zero attached hydrogens (tertiary/aromatic N) is 2. The third-order valence-corrected chi connectivity index (χ3v) is 7.82. The van der Waals surface area contributed by atoms with Crippen molar-refractivity contribution in [2.75, 3.05) is 7.11 Å². The lowest BCUT2D eigenvalue weighted by Gasteiger charge is -2.24. The molecule has 35 heavy (non-hydrogen) atoms. The van der Waals surface area contributed by atoms with Crippen LogP contribution < -0.4 is 14.8 Å². The van der Waals surface area contributed by atoms with Gasteiger partial charge in [-0.2, -0.15) is 0 Å². The lowest BCUT2D eigenvalue weighted by atomic mass is 9.89. The average molecular weight is 496 g/mol. The molecule has 0 radical (unpaired) electrons. The summed E-state index contributed by atoms with van der Waals surface area (Å²) in [5, 5.41) is 6.12. The maximum Gasteiger partial charge on any atom is 0.253 e. The Morgan fingerprint density at radius 3 is 2.60 bits per heavy atom. The Morgan fingerprint density at radius 2 is 1.91 bits per heavy atom. The minimum Gasteiger partial charge on any atom is -0.497 e. The number of rotatable bonds is 10. The monoisotopic (exact) mass is 495 g/mol. The molecule has 2 aromatic heterocycles. The zero-order valence-corrected chi connectivity index (χ0v) is 22.1. The van der Waals surface area contributed by atoms with Gasteiger partial charge in [-0.3, -0.25) is 4.79 Å². The van der Waals surface area contributed by atoms with Crippen LogP contribution in [0, 0.1) is 12.8 Å². The van der Waals surface area contributed by atoms with Crippen molar-refractivity contribution < 1.29 is 14.3 Å². The summed E-state index contributed by atoms with van der Waals surface area (Å²) in [6.07, 6.45) is 7.34. The topological polar surface area (TPSA) is 65.4 Å². The van der Waals surface area contributed by atoms with E-state index in [4.69, 9.17) is 14.5 Å². The van der Waals surface area contributed by atoms with Gasteiger partial charge in [0.05, 0.1) is 24.1 Å². The fourth-order valence-electron chi connectivity index (χ4n) is 4.67. The molecule has 0 bridgehead atoms. The number of carbonyl (C=O) groups is 1. The number of hydrogen-bond donors (Lipinski definition) is 1. The first-order valence-corrected chi connectivity index (χ1v) is 13.6. The first-order valence-electron chi connectivity index (χ1n) is 12.7. The molecule has 1 saturated carbocycles. The molecule has 1 atom stereocenters. The van der Waals surface area contributed by atoms with E-state index in [0.29, 0.717) is 12.5 Å². The molecule has 1 N–H and O–H groups in total. The molecule has 2 heterocycles. The van der Waals surface area contributed by atoms with Crippen LogP contribution in [-0.2, 0) is 13.2 Å². The third-order valence-electron chi connectivity index (χ3n) is 7.00. The molecule has 1 aliphatic carbocycles. The second kappa shape index (κ2) is 11.8. The first-order chi connectivity index (χ1) is 17.0. The number of hydrogen-bond acceptors (Lipinski definition) is 5. The van der Waals surface area contributed by atoms with Gasteiger partial charge >= 0.3 is 0 Å². The Hall–Kier alpha value is -2.80. The van der Waals surface area contributed by atoms with Crippen LogP contribution >= 0.6 is 11.3 Å². The lowest BCUT2D eigenvalue weighted by Crippen LogP contribution is -2.32. The normalized spacial score (nSPS) is 15.1. The van der Waals surface area contributed by atoms with E-state index in [1.54, 1.807) is 18.4 Å². The summed E-state index contributed by atoms with van der Waals surface area (Å²) in [6.45, 7) is 7.54. The van der Waals surface area contributed by atoms with E-state index in [2.05, 4.69) is 29.1 Å². The van der Waals surface area contributed by atoms with Gasteiger partial charge in [0.2, 0.25) is 0 Å². The van der Waals surface area contributed by atoms with Gasteiger partial charge in [0.25, 0.3) is 5.91 Å². The third kappa shape index (κ3) is 6.26. The van der Waals surface area contributed by atoms with Crippen LogP contribution in [0.1, 0.15) is 73.4 Å². The van der Waals surface area contributed by atoms with Gasteiger partial charge in [-0.15, -0.1) is 11.3 Å². The summed E-state index contributed by atoms with van der Waals surface area (Å²) >= 11 is 1.59. The number of carbonyl (C=O) groups excluding carboxylic acids is 1. The summed E-state index contributed by atoms with van der Waals surface area (Å²) in [5.74, 6) is 2.23.